The van der Waals surface area contributed by atoms with E-state index in [1.54, 1.807) is 10.9 Å². The Labute approximate surface area is 175 Å². The second kappa shape index (κ2) is 8.66. The highest BCUT2D eigenvalue weighted by atomic mass is 35.5. The number of aryl methyl sites for hydroxylation is 1. The lowest BCUT2D eigenvalue weighted by Gasteiger charge is -2.21. The van der Waals surface area contributed by atoms with Crippen molar-refractivity contribution in [3.8, 4) is 0 Å². The lowest BCUT2D eigenvalue weighted by molar-refractivity contribution is 0.0943. The van der Waals surface area contributed by atoms with Crippen LogP contribution in [0.2, 0.25) is 5.02 Å². The number of rotatable bonds is 6. The lowest BCUT2D eigenvalue weighted by Crippen LogP contribution is -2.31. The number of amides is 1. The molecule has 1 saturated heterocycles. The summed E-state index contributed by atoms with van der Waals surface area (Å²) in [5.41, 5.74) is 3.86. The molecule has 6 nitrogen and oxygen atoms in total. The highest BCUT2D eigenvalue weighted by Gasteiger charge is 2.24. The van der Waals surface area contributed by atoms with Crippen LogP contribution in [0.25, 0.3) is 0 Å². The maximum Gasteiger partial charge on any atom is 0.273 e. The van der Waals surface area contributed by atoms with E-state index in [4.69, 9.17) is 11.6 Å². The maximum atomic E-state index is 12.5. The van der Waals surface area contributed by atoms with Crippen LogP contribution in [0.1, 0.15) is 28.0 Å². The predicted molar refractivity (Wildman–Crippen MR) is 114 cm³/mol. The molecule has 7 heteroatoms. The largest absolute Gasteiger partial charge is 0.371 e. The molecule has 2 aromatic carbocycles. The van der Waals surface area contributed by atoms with Crippen molar-refractivity contribution in [2.75, 3.05) is 24.5 Å². The van der Waals surface area contributed by atoms with Crippen molar-refractivity contribution in [2.45, 2.75) is 19.9 Å². The van der Waals surface area contributed by atoms with Crippen LogP contribution in [-0.4, -0.2) is 40.5 Å². The summed E-state index contributed by atoms with van der Waals surface area (Å²) in [7, 11) is 0. The number of carbonyl (C=O) groups excluding carboxylic acids is 1. The molecule has 1 aliphatic heterocycles. The van der Waals surface area contributed by atoms with Crippen molar-refractivity contribution in [1.82, 2.24) is 20.3 Å². The zero-order valence-electron chi connectivity index (χ0n) is 16.4. The number of nitrogens with zero attached hydrogens (tertiary/aromatic N) is 4. The van der Waals surface area contributed by atoms with Crippen LogP contribution in [0.3, 0.4) is 0 Å². The molecular weight excluding hydrogens is 386 g/mol. The quantitative estimate of drug-likeness (QED) is 0.676. The molecule has 0 saturated carbocycles. The topological polar surface area (TPSA) is 63.1 Å². The Kier molecular flexibility index (Phi) is 5.81. The fourth-order valence-electron chi connectivity index (χ4n) is 3.72. The van der Waals surface area contributed by atoms with E-state index in [0.717, 1.165) is 30.1 Å². The first-order valence-electron chi connectivity index (χ1n) is 9.82. The molecule has 1 aliphatic rings. The molecule has 1 atom stereocenters. The van der Waals surface area contributed by atoms with Gasteiger partial charge in [0.05, 0.1) is 12.7 Å². The molecule has 1 amide bonds. The fourth-order valence-corrected chi connectivity index (χ4v) is 3.89. The first-order chi connectivity index (χ1) is 14.1. The summed E-state index contributed by atoms with van der Waals surface area (Å²) in [5, 5.41) is 11.8. The Balaban J connectivity index is 1.30. The maximum absolute atomic E-state index is 12.5. The molecule has 4 rings (SSSR count). The van der Waals surface area contributed by atoms with Crippen molar-refractivity contribution in [2.24, 2.45) is 5.92 Å². The predicted octanol–water partition coefficient (Wildman–Crippen LogP) is 3.54. The lowest BCUT2D eigenvalue weighted by atomic mass is 10.1. The standard InChI is InChI=1S/C22H24ClN5O/c1-16-7-8-19(23)11-21(16)27-10-9-18(13-27)12-24-22(29)20-15-28(26-25-20)14-17-5-3-2-4-6-17/h2-8,11,15,18H,9-10,12-14H2,1H3,(H,24,29). The normalized spacial score (nSPS) is 16.2. The molecule has 29 heavy (non-hydrogen) atoms. The molecule has 0 aliphatic carbocycles. The van der Waals surface area contributed by atoms with Crippen molar-refractivity contribution >= 4 is 23.2 Å². The van der Waals surface area contributed by atoms with Crippen molar-refractivity contribution in [3.05, 3.63) is 76.6 Å². The molecule has 0 spiro atoms. The number of hydrogen-bond donors (Lipinski definition) is 1. The summed E-state index contributed by atoms with van der Waals surface area (Å²) in [6.45, 7) is 5.19. The van der Waals surface area contributed by atoms with E-state index >= 15 is 0 Å². The van der Waals surface area contributed by atoms with Crippen LogP contribution in [0.5, 0.6) is 0 Å². The summed E-state index contributed by atoms with van der Waals surface area (Å²) in [6.07, 6.45) is 2.73. The Morgan fingerprint density at radius 3 is 2.90 bits per heavy atom. The van der Waals surface area contributed by atoms with Crippen LogP contribution in [-0.2, 0) is 6.54 Å². The minimum atomic E-state index is -0.179. The van der Waals surface area contributed by atoms with E-state index in [1.807, 2.05) is 48.5 Å². The van der Waals surface area contributed by atoms with E-state index < -0.39 is 0 Å². The number of hydrogen-bond acceptors (Lipinski definition) is 4. The van der Waals surface area contributed by atoms with Gasteiger partial charge in [0.25, 0.3) is 5.91 Å². The summed E-state index contributed by atoms with van der Waals surface area (Å²) >= 11 is 6.16. The van der Waals surface area contributed by atoms with Crippen LogP contribution < -0.4 is 10.2 Å². The zero-order chi connectivity index (χ0) is 20.2. The Hall–Kier alpha value is -2.86. The van der Waals surface area contributed by atoms with E-state index in [0.29, 0.717) is 24.7 Å². The Morgan fingerprint density at radius 1 is 1.24 bits per heavy atom. The molecule has 0 bridgehead atoms. The SMILES string of the molecule is Cc1ccc(Cl)cc1N1CCC(CNC(=O)c2cn(Cc3ccccc3)nn2)C1. The van der Waals surface area contributed by atoms with E-state index in [-0.39, 0.29) is 5.91 Å². The van der Waals surface area contributed by atoms with Gasteiger partial charge in [0, 0.05) is 30.3 Å². The van der Waals surface area contributed by atoms with Gasteiger partial charge in [-0.05, 0) is 42.5 Å². The number of aromatic nitrogens is 3. The van der Waals surface area contributed by atoms with Crippen molar-refractivity contribution in [1.29, 1.82) is 0 Å². The van der Waals surface area contributed by atoms with Gasteiger partial charge >= 0.3 is 0 Å². The fraction of sp³-hybridized carbons (Fsp3) is 0.318. The Morgan fingerprint density at radius 2 is 2.07 bits per heavy atom. The average molecular weight is 410 g/mol. The van der Waals surface area contributed by atoms with Crippen LogP contribution >= 0.6 is 11.6 Å². The van der Waals surface area contributed by atoms with Crippen LogP contribution in [0, 0.1) is 12.8 Å². The molecule has 1 aromatic heterocycles. The Bertz CT molecular complexity index is 988. The van der Waals surface area contributed by atoms with E-state index in [9.17, 15) is 4.79 Å². The van der Waals surface area contributed by atoms with Crippen LogP contribution in [0.4, 0.5) is 5.69 Å². The van der Waals surface area contributed by atoms with E-state index in [2.05, 4.69) is 27.5 Å². The summed E-state index contributed by atoms with van der Waals surface area (Å²) < 4.78 is 1.68. The first-order valence-corrected chi connectivity index (χ1v) is 10.2. The van der Waals surface area contributed by atoms with Gasteiger partial charge in [-0.3, -0.25) is 4.79 Å². The van der Waals surface area contributed by atoms with Gasteiger partial charge < -0.3 is 10.2 Å². The highest BCUT2D eigenvalue weighted by molar-refractivity contribution is 6.30. The van der Waals surface area contributed by atoms with Crippen LogP contribution in [0.15, 0.2) is 54.7 Å². The van der Waals surface area contributed by atoms with Gasteiger partial charge in [0.15, 0.2) is 5.69 Å². The van der Waals surface area contributed by atoms with E-state index in [1.165, 1.54) is 11.3 Å². The number of benzene rings is 2. The number of nitrogens with one attached hydrogen (secondary N) is 1. The third kappa shape index (κ3) is 4.77. The molecule has 2 heterocycles. The molecule has 1 unspecified atom stereocenters. The minimum Gasteiger partial charge on any atom is -0.371 e. The smallest absolute Gasteiger partial charge is 0.273 e. The van der Waals surface area contributed by atoms with Gasteiger partial charge in [0.2, 0.25) is 0 Å². The third-order valence-electron chi connectivity index (χ3n) is 5.31. The van der Waals surface area contributed by atoms with Gasteiger partial charge in [-0.1, -0.05) is 53.2 Å². The summed E-state index contributed by atoms with van der Waals surface area (Å²) in [4.78, 5) is 14.8. The van der Waals surface area contributed by atoms with Gasteiger partial charge in [-0.25, -0.2) is 4.68 Å². The monoisotopic (exact) mass is 409 g/mol. The molecule has 1 N–H and O–H groups in total. The number of anilines is 1. The average Bonchev–Trinajstić information content (AvgIpc) is 3.38. The van der Waals surface area contributed by atoms with Gasteiger partial charge in [0.1, 0.15) is 0 Å². The molecule has 150 valence electrons. The van der Waals surface area contributed by atoms with Gasteiger partial charge in [-0.15, -0.1) is 5.10 Å². The molecular formula is C22H24ClN5O. The molecule has 1 fully saturated rings. The second-order valence-electron chi connectivity index (χ2n) is 7.53. The highest BCUT2D eigenvalue weighted by Crippen LogP contribution is 2.29. The molecule has 3 aromatic rings. The molecule has 0 radical (unpaired) electrons. The minimum absolute atomic E-state index is 0.179. The third-order valence-corrected chi connectivity index (χ3v) is 5.54. The van der Waals surface area contributed by atoms with Gasteiger partial charge in [-0.2, -0.15) is 0 Å². The summed E-state index contributed by atoms with van der Waals surface area (Å²) in [6, 6.07) is 16.0. The summed E-state index contributed by atoms with van der Waals surface area (Å²) in [5.74, 6) is 0.221. The first kappa shape index (κ1) is 19.5. The second-order valence-corrected chi connectivity index (χ2v) is 7.96. The zero-order valence-corrected chi connectivity index (χ0v) is 17.1. The van der Waals surface area contributed by atoms with Crippen molar-refractivity contribution < 1.29 is 4.79 Å². The number of carbonyl (C=O) groups is 1. The number of halogens is 1. The van der Waals surface area contributed by atoms with Crippen molar-refractivity contribution in [3.63, 3.8) is 0 Å².